The van der Waals surface area contributed by atoms with Gasteiger partial charge in [-0.1, -0.05) is 6.07 Å². The largest absolute Gasteiger partial charge is 0.506 e. The normalized spacial score (nSPS) is 10.4. The van der Waals surface area contributed by atoms with E-state index in [0.717, 1.165) is 5.56 Å². The number of nitro benzene ring substituents is 1. The fourth-order valence-corrected chi connectivity index (χ4v) is 2.25. The highest BCUT2D eigenvalue weighted by molar-refractivity contribution is 6.03. The third kappa shape index (κ3) is 3.47. The number of aromatic hydroxyl groups is 1. The van der Waals surface area contributed by atoms with Crippen LogP contribution in [0, 0.1) is 17.0 Å². The van der Waals surface area contributed by atoms with Crippen LogP contribution < -0.4 is 5.32 Å². The molecule has 0 aliphatic heterocycles. The van der Waals surface area contributed by atoms with Gasteiger partial charge in [0.25, 0.3) is 11.6 Å². The van der Waals surface area contributed by atoms with Crippen LogP contribution in [0.2, 0.25) is 0 Å². The van der Waals surface area contributed by atoms with Gasteiger partial charge < -0.3 is 10.4 Å². The maximum absolute atomic E-state index is 12.3. The quantitative estimate of drug-likeness (QED) is 0.431. The van der Waals surface area contributed by atoms with E-state index >= 15 is 0 Å². The van der Waals surface area contributed by atoms with Gasteiger partial charge in [-0.2, -0.15) is 5.10 Å². The van der Waals surface area contributed by atoms with Crippen LogP contribution in [0.3, 0.4) is 0 Å². The standard InChI is InChI=1S/C17H14N4O4/c1-11-2-7-14(16(22)10-11)18-17(23)15-8-9-20(19-15)12-3-5-13(6-4-12)21(24)25/h2-10,22H,1H3,(H,18,23). The molecule has 1 aromatic heterocycles. The zero-order valence-corrected chi connectivity index (χ0v) is 13.2. The molecule has 0 unspecified atom stereocenters. The van der Waals surface area contributed by atoms with Crippen molar-refractivity contribution < 1.29 is 14.8 Å². The van der Waals surface area contributed by atoms with Gasteiger partial charge in [-0.3, -0.25) is 14.9 Å². The minimum absolute atomic E-state index is 0.0243. The number of rotatable bonds is 4. The average Bonchev–Trinajstić information content (AvgIpc) is 3.07. The zero-order chi connectivity index (χ0) is 18.0. The number of aromatic nitrogens is 2. The van der Waals surface area contributed by atoms with E-state index in [-0.39, 0.29) is 17.1 Å². The molecule has 1 heterocycles. The molecule has 3 rings (SSSR count). The minimum atomic E-state index is -0.486. The van der Waals surface area contributed by atoms with Crippen molar-refractivity contribution in [3.05, 3.63) is 76.1 Å². The molecule has 3 aromatic rings. The van der Waals surface area contributed by atoms with Crippen LogP contribution in [0.5, 0.6) is 5.75 Å². The summed E-state index contributed by atoms with van der Waals surface area (Å²) in [4.78, 5) is 22.4. The number of benzene rings is 2. The Hall–Kier alpha value is -3.68. The number of carbonyl (C=O) groups is 1. The molecule has 126 valence electrons. The molecule has 0 spiro atoms. The lowest BCUT2D eigenvalue weighted by atomic mass is 10.2. The van der Waals surface area contributed by atoms with Crippen LogP contribution in [0.1, 0.15) is 16.1 Å². The van der Waals surface area contributed by atoms with Crippen molar-refractivity contribution >= 4 is 17.3 Å². The van der Waals surface area contributed by atoms with E-state index in [1.54, 1.807) is 36.5 Å². The van der Waals surface area contributed by atoms with Crippen LogP contribution in [-0.2, 0) is 0 Å². The Kier molecular flexibility index (Phi) is 4.17. The highest BCUT2D eigenvalue weighted by Gasteiger charge is 2.13. The molecule has 0 aliphatic carbocycles. The van der Waals surface area contributed by atoms with Gasteiger partial charge in [0.15, 0.2) is 5.69 Å². The first-order valence-corrected chi connectivity index (χ1v) is 7.35. The Morgan fingerprint density at radius 3 is 2.56 bits per heavy atom. The fourth-order valence-electron chi connectivity index (χ4n) is 2.25. The van der Waals surface area contributed by atoms with Crippen molar-refractivity contribution in [3.8, 4) is 11.4 Å². The van der Waals surface area contributed by atoms with Crippen molar-refractivity contribution in [1.82, 2.24) is 9.78 Å². The maximum atomic E-state index is 12.3. The van der Waals surface area contributed by atoms with Gasteiger partial charge in [0.1, 0.15) is 5.75 Å². The summed E-state index contributed by atoms with van der Waals surface area (Å²) in [5, 5.41) is 27.3. The molecule has 0 saturated heterocycles. The van der Waals surface area contributed by atoms with E-state index in [2.05, 4.69) is 10.4 Å². The molecule has 0 radical (unpaired) electrons. The Labute approximate surface area is 142 Å². The van der Waals surface area contributed by atoms with Crippen LogP contribution in [0.25, 0.3) is 5.69 Å². The van der Waals surface area contributed by atoms with Crippen LogP contribution >= 0.6 is 0 Å². The van der Waals surface area contributed by atoms with Crippen LogP contribution in [-0.4, -0.2) is 25.7 Å². The summed E-state index contributed by atoms with van der Waals surface area (Å²) in [6, 6.07) is 12.2. The van der Waals surface area contributed by atoms with Gasteiger partial charge in [-0.05, 0) is 42.8 Å². The van der Waals surface area contributed by atoms with E-state index in [0.29, 0.717) is 11.4 Å². The molecule has 2 N–H and O–H groups in total. The first-order chi connectivity index (χ1) is 11.9. The monoisotopic (exact) mass is 338 g/mol. The SMILES string of the molecule is Cc1ccc(NC(=O)c2ccn(-c3ccc([N+](=O)[O-])cc3)n2)c(O)c1. The lowest BCUT2D eigenvalue weighted by molar-refractivity contribution is -0.384. The van der Waals surface area contributed by atoms with E-state index in [1.165, 1.54) is 22.9 Å². The Morgan fingerprint density at radius 2 is 1.92 bits per heavy atom. The van der Waals surface area contributed by atoms with Crippen molar-refractivity contribution in [2.75, 3.05) is 5.32 Å². The minimum Gasteiger partial charge on any atom is -0.506 e. The molecule has 0 saturated carbocycles. The Morgan fingerprint density at radius 1 is 1.20 bits per heavy atom. The highest BCUT2D eigenvalue weighted by Crippen LogP contribution is 2.24. The first kappa shape index (κ1) is 16.2. The molecule has 0 bridgehead atoms. The number of hydrogen-bond donors (Lipinski definition) is 2. The smallest absolute Gasteiger partial charge is 0.276 e. The van der Waals surface area contributed by atoms with Crippen molar-refractivity contribution in [2.24, 2.45) is 0 Å². The predicted molar refractivity (Wildman–Crippen MR) is 91.0 cm³/mol. The van der Waals surface area contributed by atoms with E-state index in [9.17, 15) is 20.0 Å². The van der Waals surface area contributed by atoms with E-state index in [4.69, 9.17) is 0 Å². The predicted octanol–water partition coefficient (Wildman–Crippen LogP) is 3.05. The van der Waals surface area contributed by atoms with Gasteiger partial charge in [0.2, 0.25) is 0 Å². The average molecular weight is 338 g/mol. The summed E-state index contributed by atoms with van der Waals surface area (Å²) in [5.74, 6) is -0.497. The third-order valence-electron chi connectivity index (χ3n) is 3.55. The highest BCUT2D eigenvalue weighted by atomic mass is 16.6. The second kappa shape index (κ2) is 6.44. The van der Waals surface area contributed by atoms with Crippen LogP contribution in [0.15, 0.2) is 54.7 Å². The topological polar surface area (TPSA) is 110 Å². The van der Waals surface area contributed by atoms with Crippen molar-refractivity contribution in [1.29, 1.82) is 0 Å². The van der Waals surface area contributed by atoms with E-state index in [1.807, 2.05) is 6.92 Å². The fraction of sp³-hybridized carbons (Fsp3) is 0.0588. The molecule has 8 nitrogen and oxygen atoms in total. The lowest BCUT2D eigenvalue weighted by Crippen LogP contribution is -2.13. The second-order valence-electron chi connectivity index (χ2n) is 5.39. The summed E-state index contributed by atoms with van der Waals surface area (Å²) >= 11 is 0. The molecule has 8 heteroatoms. The number of phenolic OH excluding ortho intramolecular Hbond substituents is 1. The number of hydrogen-bond acceptors (Lipinski definition) is 5. The summed E-state index contributed by atoms with van der Waals surface area (Å²) in [6.07, 6.45) is 1.57. The number of anilines is 1. The van der Waals surface area contributed by atoms with E-state index < -0.39 is 10.8 Å². The molecule has 0 aliphatic rings. The van der Waals surface area contributed by atoms with Crippen molar-refractivity contribution in [2.45, 2.75) is 6.92 Å². The number of phenols is 1. The lowest BCUT2D eigenvalue weighted by Gasteiger charge is -2.06. The van der Waals surface area contributed by atoms with Gasteiger partial charge in [-0.15, -0.1) is 0 Å². The van der Waals surface area contributed by atoms with Crippen LogP contribution in [0.4, 0.5) is 11.4 Å². The van der Waals surface area contributed by atoms with Gasteiger partial charge in [0, 0.05) is 18.3 Å². The summed E-state index contributed by atoms with van der Waals surface area (Å²) in [6.45, 7) is 1.83. The molecule has 1 amide bonds. The number of amides is 1. The molecular formula is C17H14N4O4. The summed E-state index contributed by atoms with van der Waals surface area (Å²) < 4.78 is 1.44. The molecule has 25 heavy (non-hydrogen) atoms. The Bertz CT molecular complexity index is 948. The van der Waals surface area contributed by atoms with Gasteiger partial charge in [0.05, 0.1) is 16.3 Å². The molecule has 2 aromatic carbocycles. The first-order valence-electron chi connectivity index (χ1n) is 7.35. The van der Waals surface area contributed by atoms with Gasteiger partial charge in [-0.25, -0.2) is 4.68 Å². The number of carbonyl (C=O) groups excluding carboxylic acids is 1. The summed E-state index contributed by atoms with van der Waals surface area (Å²) in [7, 11) is 0. The molecule has 0 fully saturated rings. The zero-order valence-electron chi connectivity index (χ0n) is 13.2. The third-order valence-corrected chi connectivity index (χ3v) is 3.55. The van der Waals surface area contributed by atoms with Gasteiger partial charge >= 0.3 is 0 Å². The Balaban J connectivity index is 1.78. The number of aryl methyl sites for hydroxylation is 1. The second-order valence-corrected chi connectivity index (χ2v) is 5.39. The molecule has 0 atom stereocenters. The summed E-state index contributed by atoms with van der Waals surface area (Å²) in [5.41, 5.74) is 1.88. The number of nitrogens with one attached hydrogen (secondary N) is 1. The number of non-ortho nitro benzene ring substituents is 1. The number of nitrogens with zero attached hydrogens (tertiary/aromatic N) is 3. The van der Waals surface area contributed by atoms with Crippen molar-refractivity contribution in [3.63, 3.8) is 0 Å². The number of nitro groups is 1. The maximum Gasteiger partial charge on any atom is 0.276 e. The molecular weight excluding hydrogens is 324 g/mol.